The summed E-state index contributed by atoms with van der Waals surface area (Å²) in [6, 6.07) is 5.20. The van der Waals surface area contributed by atoms with E-state index in [1.807, 2.05) is 0 Å². The number of anilines is 2. The van der Waals surface area contributed by atoms with Gasteiger partial charge >= 0.3 is 5.97 Å². The first-order chi connectivity index (χ1) is 9.20. The van der Waals surface area contributed by atoms with Gasteiger partial charge in [-0.2, -0.15) is 0 Å². The zero-order chi connectivity index (χ0) is 13.7. The minimum Gasteiger partial charge on any atom is -0.465 e. The Kier molecular flexibility index (Phi) is 4.66. The lowest BCUT2D eigenvalue weighted by atomic mass is 9.89. The molecule has 0 bridgehead atoms. The summed E-state index contributed by atoms with van der Waals surface area (Å²) in [7, 11) is 1.38. The quantitative estimate of drug-likeness (QED) is 0.646. The number of ether oxygens (including phenoxy) is 1. The molecule has 0 heterocycles. The van der Waals surface area contributed by atoms with E-state index in [0.29, 0.717) is 11.3 Å². The Morgan fingerprint density at radius 1 is 1.37 bits per heavy atom. The van der Waals surface area contributed by atoms with Crippen LogP contribution in [0, 0.1) is 5.92 Å². The van der Waals surface area contributed by atoms with E-state index < -0.39 is 0 Å². The predicted octanol–water partition coefficient (Wildman–Crippen LogP) is 3.05. The number of rotatable bonds is 4. The van der Waals surface area contributed by atoms with Crippen LogP contribution in [0.5, 0.6) is 0 Å². The smallest absolute Gasteiger partial charge is 0.337 e. The molecule has 1 fully saturated rings. The lowest BCUT2D eigenvalue weighted by Gasteiger charge is -2.22. The molecule has 0 radical (unpaired) electrons. The van der Waals surface area contributed by atoms with Crippen molar-refractivity contribution in [2.45, 2.75) is 32.1 Å². The van der Waals surface area contributed by atoms with Gasteiger partial charge in [0.15, 0.2) is 0 Å². The Morgan fingerprint density at radius 3 is 2.79 bits per heavy atom. The largest absolute Gasteiger partial charge is 0.465 e. The maximum atomic E-state index is 11.5. The van der Waals surface area contributed by atoms with Crippen molar-refractivity contribution in [3.8, 4) is 0 Å². The molecule has 1 aromatic carbocycles. The van der Waals surface area contributed by atoms with Crippen LogP contribution in [0.1, 0.15) is 42.5 Å². The van der Waals surface area contributed by atoms with Crippen molar-refractivity contribution in [2.24, 2.45) is 5.92 Å². The maximum absolute atomic E-state index is 11.5. The minimum atomic E-state index is -0.333. The first-order valence-corrected chi connectivity index (χ1v) is 6.92. The number of hydrogen-bond donors (Lipinski definition) is 2. The Morgan fingerprint density at radius 2 is 2.11 bits per heavy atom. The summed E-state index contributed by atoms with van der Waals surface area (Å²) >= 11 is 0. The second-order valence-corrected chi connectivity index (χ2v) is 5.18. The van der Waals surface area contributed by atoms with E-state index in [1.54, 1.807) is 18.2 Å². The van der Waals surface area contributed by atoms with Gasteiger partial charge in [0.1, 0.15) is 0 Å². The van der Waals surface area contributed by atoms with Gasteiger partial charge in [0.05, 0.1) is 24.0 Å². The SMILES string of the molecule is COC(=O)c1ccc(N)c(NCC2CCCCC2)c1. The number of methoxy groups -OCH3 is 1. The van der Waals surface area contributed by atoms with Crippen LogP contribution in [-0.4, -0.2) is 19.6 Å². The normalized spacial score (nSPS) is 16.1. The number of nitrogens with two attached hydrogens (primary N) is 1. The van der Waals surface area contributed by atoms with Crippen LogP contribution >= 0.6 is 0 Å². The molecule has 1 aliphatic carbocycles. The Balaban J connectivity index is 2.00. The Labute approximate surface area is 114 Å². The van der Waals surface area contributed by atoms with Gasteiger partial charge < -0.3 is 15.8 Å². The van der Waals surface area contributed by atoms with E-state index in [2.05, 4.69) is 5.32 Å². The van der Waals surface area contributed by atoms with Crippen molar-refractivity contribution in [3.05, 3.63) is 23.8 Å². The van der Waals surface area contributed by atoms with E-state index >= 15 is 0 Å². The molecule has 3 N–H and O–H groups in total. The second kappa shape index (κ2) is 6.45. The molecule has 0 aliphatic heterocycles. The zero-order valence-electron chi connectivity index (χ0n) is 11.4. The molecular weight excluding hydrogens is 240 g/mol. The average molecular weight is 262 g/mol. The van der Waals surface area contributed by atoms with Crippen LogP contribution in [0.25, 0.3) is 0 Å². The van der Waals surface area contributed by atoms with Gasteiger partial charge in [-0.05, 0) is 37.0 Å². The highest BCUT2D eigenvalue weighted by molar-refractivity contribution is 5.91. The fourth-order valence-electron chi connectivity index (χ4n) is 2.60. The van der Waals surface area contributed by atoms with Crippen molar-refractivity contribution < 1.29 is 9.53 Å². The summed E-state index contributed by atoms with van der Waals surface area (Å²) in [5.74, 6) is 0.385. The van der Waals surface area contributed by atoms with Crippen molar-refractivity contribution in [3.63, 3.8) is 0 Å². The molecule has 2 rings (SSSR count). The molecule has 0 unspecified atom stereocenters. The molecule has 19 heavy (non-hydrogen) atoms. The van der Waals surface area contributed by atoms with Crippen LogP contribution in [0.15, 0.2) is 18.2 Å². The fourth-order valence-corrected chi connectivity index (χ4v) is 2.60. The molecule has 0 aromatic heterocycles. The molecule has 1 aromatic rings. The summed E-state index contributed by atoms with van der Waals surface area (Å²) < 4.78 is 4.72. The van der Waals surface area contributed by atoms with Crippen molar-refractivity contribution in [2.75, 3.05) is 24.7 Å². The third kappa shape index (κ3) is 3.63. The van der Waals surface area contributed by atoms with E-state index in [0.717, 1.165) is 18.2 Å². The predicted molar refractivity (Wildman–Crippen MR) is 77.3 cm³/mol. The van der Waals surface area contributed by atoms with E-state index in [1.165, 1.54) is 39.2 Å². The molecule has 0 saturated heterocycles. The van der Waals surface area contributed by atoms with Gasteiger partial charge in [-0.25, -0.2) is 4.79 Å². The van der Waals surface area contributed by atoms with Gasteiger partial charge in [0, 0.05) is 6.54 Å². The number of esters is 1. The molecule has 1 saturated carbocycles. The highest BCUT2D eigenvalue weighted by Gasteiger charge is 2.14. The number of nitrogen functional groups attached to an aromatic ring is 1. The molecule has 0 spiro atoms. The third-order valence-corrected chi connectivity index (χ3v) is 3.78. The third-order valence-electron chi connectivity index (χ3n) is 3.78. The number of carbonyl (C=O) groups excluding carboxylic acids is 1. The zero-order valence-corrected chi connectivity index (χ0v) is 11.4. The van der Waals surface area contributed by atoms with Crippen molar-refractivity contribution in [1.82, 2.24) is 0 Å². The first kappa shape index (κ1) is 13.7. The Bertz CT molecular complexity index is 440. The van der Waals surface area contributed by atoms with Crippen LogP contribution in [0.2, 0.25) is 0 Å². The maximum Gasteiger partial charge on any atom is 0.337 e. The van der Waals surface area contributed by atoms with Gasteiger partial charge in [0.2, 0.25) is 0 Å². The number of benzene rings is 1. The van der Waals surface area contributed by atoms with Crippen molar-refractivity contribution >= 4 is 17.3 Å². The standard InChI is InChI=1S/C15H22N2O2/c1-19-15(18)12-7-8-13(16)14(9-12)17-10-11-5-3-2-4-6-11/h7-9,11,17H,2-6,10,16H2,1H3. The topological polar surface area (TPSA) is 64.3 Å². The highest BCUT2D eigenvalue weighted by atomic mass is 16.5. The van der Waals surface area contributed by atoms with Crippen molar-refractivity contribution in [1.29, 1.82) is 0 Å². The van der Waals surface area contributed by atoms with Gasteiger partial charge in [-0.3, -0.25) is 0 Å². The number of nitrogens with one attached hydrogen (secondary N) is 1. The molecule has 1 aliphatic rings. The van der Waals surface area contributed by atoms with Gasteiger partial charge in [-0.1, -0.05) is 19.3 Å². The summed E-state index contributed by atoms with van der Waals surface area (Å²) in [6.07, 6.45) is 6.57. The Hall–Kier alpha value is -1.71. The first-order valence-electron chi connectivity index (χ1n) is 6.92. The van der Waals surface area contributed by atoms with E-state index in [9.17, 15) is 4.79 Å². The fraction of sp³-hybridized carbons (Fsp3) is 0.533. The van der Waals surface area contributed by atoms with E-state index in [-0.39, 0.29) is 5.97 Å². The summed E-state index contributed by atoms with van der Waals surface area (Å²) in [6.45, 7) is 0.925. The average Bonchev–Trinajstić information content (AvgIpc) is 2.46. The van der Waals surface area contributed by atoms with Crippen LogP contribution < -0.4 is 11.1 Å². The second-order valence-electron chi connectivity index (χ2n) is 5.18. The minimum absolute atomic E-state index is 0.333. The lowest BCUT2D eigenvalue weighted by molar-refractivity contribution is 0.0601. The summed E-state index contributed by atoms with van der Waals surface area (Å²) in [5.41, 5.74) is 7.96. The molecule has 4 nitrogen and oxygen atoms in total. The number of carbonyl (C=O) groups is 1. The number of hydrogen-bond acceptors (Lipinski definition) is 4. The monoisotopic (exact) mass is 262 g/mol. The molecule has 4 heteroatoms. The van der Waals surface area contributed by atoms with Crippen LogP contribution in [0.3, 0.4) is 0 Å². The summed E-state index contributed by atoms with van der Waals surface area (Å²) in [4.78, 5) is 11.5. The van der Waals surface area contributed by atoms with Gasteiger partial charge in [-0.15, -0.1) is 0 Å². The summed E-state index contributed by atoms with van der Waals surface area (Å²) in [5, 5.41) is 3.37. The molecule has 0 atom stereocenters. The van der Waals surface area contributed by atoms with E-state index in [4.69, 9.17) is 10.5 Å². The highest BCUT2D eigenvalue weighted by Crippen LogP contribution is 2.26. The van der Waals surface area contributed by atoms with Gasteiger partial charge in [0.25, 0.3) is 0 Å². The molecular formula is C15H22N2O2. The van der Waals surface area contributed by atoms with Crippen LogP contribution in [-0.2, 0) is 4.74 Å². The lowest BCUT2D eigenvalue weighted by Crippen LogP contribution is -2.18. The van der Waals surface area contributed by atoms with Crippen LogP contribution in [0.4, 0.5) is 11.4 Å². The molecule has 0 amide bonds. The molecule has 104 valence electrons.